The highest BCUT2D eigenvalue weighted by Gasteiger charge is 2.28. The zero-order chi connectivity index (χ0) is 25.0. The topological polar surface area (TPSA) is 55.8 Å². The minimum Gasteiger partial charge on any atom is -0.458 e. The predicted molar refractivity (Wildman–Crippen MR) is 139 cm³/mol. The van der Waals surface area contributed by atoms with E-state index in [9.17, 15) is 9.59 Å². The average Bonchev–Trinajstić information content (AvgIpc) is 2.93. The molecule has 0 unspecified atom stereocenters. The normalized spacial score (nSPS) is 11.3. The average molecular weight is 480 g/mol. The van der Waals surface area contributed by atoms with Crippen molar-refractivity contribution in [2.24, 2.45) is 0 Å². The molecule has 0 aliphatic heterocycles. The molecule has 0 spiro atoms. The van der Waals surface area contributed by atoms with Crippen LogP contribution in [0.3, 0.4) is 0 Å². The van der Waals surface area contributed by atoms with E-state index in [-0.39, 0.29) is 13.0 Å². The van der Waals surface area contributed by atoms with Crippen molar-refractivity contribution in [1.29, 1.82) is 0 Å². The monoisotopic (exact) mass is 479 g/mol. The van der Waals surface area contributed by atoms with E-state index in [1.54, 1.807) is 4.90 Å². The Morgan fingerprint density at radius 2 is 1.00 bits per heavy atom. The van der Waals surface area contributed by atoms with Crippen LogP contribution in [0, 0.1) is 0 Å². The summed E-state index contributed by atoms with van der Waals surface area (Å²) in [6.07, 6.45) is -1.41. The second-order valence-corrected chi connectivity index (χ2v) is 8.48. The number of ether oxygens (including phenoxy) is 2. The molecule has 4 aromatic rings. The molecule has 0 saturated carbocycles. The first-order chi connectivity index (χ1) is 17.7. The molecule has 0 aromatic heterocycles. The number of nitrogens with zero attached hydrogens (tertiary/aromatic N) is 1. The van der Waals surface area contributed by atoms with Gasteiger partial charge in [0.05, 0.1) is 0 Å². The number of hydrogen-bond donors (Lipinski definition) is 0. The summed E-state index contributed by atoms with van der Waals surface area (Å²) in [5.74, 6) is -0.574. The Morgan fingerprint density at radius 3 is 1.47 bits per heavy atom. The van der Waals surface area contributed by atoms with E-state index >= 15 is 0 Å². The summed E-state index contributed by atoms with van der Waals surface area (Å²) < 4.78 is 11.4. The van der Waals surface area contributed by atoms with Crippen LogP contribution in [0.15, 0.2) is 121 Å². The van der Waals surface area contributed by atoms with Crippen LogP contribution in [0.25, 0.3) is 0 Å². The Labute approximate surface area is 211 Å². The fraction of sp³-hybridized carbons (Fsp3) is 0.161. The molecule has 5 nitrogen and oxygen atoms in total. The molecule has 0 heterocycles. The Kier molecular flexibility index (Phi) is 8.87. The molecule has 0 saturated heterocycles. The fourth-order valence-corrected chi connectivity index (χ4v) is 3.81. The quantitative estimate of drug-likeness (QED) is 0.255. The van der Waals surface area contributed by atoms with Gasteiger partial charge in [0, 0.05) is 19.5 Å². The van der Waals surface area contributed by atoms with Crippen molar-refractivity contribution >= 4 is 12.1 Å². The van der Waals surface area contributed by atoms with E-state index in [2.05, 4.69) is 0 Å². The maximum Gasteiger partial charge on any atom is 0.411 e. The molecule has 1 atom stereocenters. The third-order valence-corrected chi connectivity index (χ3v) is 5.68. The van der Waals surface area contributed by atoms with Crippen LogP contribution < -0.4 is 0 Å². The van der Waals surface area contributed by atoms with Gasteiger partial charge in [-0.1, -0.05) is 121 Å². The summed E-state index contributed by atoms with van der Waals surface area (Å²) in [7, 11) is 0. The van der Waals surface area contributed by atoms with E-state index < -0.39 is 18.2 Å². The molecule has 1 amide bonds. The molecule has 0 aliphatic carbocycles. The van der Waals surface area contributed by atoms with Gasteiger partial charge < -0.3 is 9.47 Å². The summed E-state index contributed by atoms with van der Waals surface area (Å²) >= 11 is 0. The molecule has 4 rings (SSSR count). The van der Waals surface area contributed by atoms with Crippen LogP contribution in [0.5, 0.6) is 0 Å². The molecule has 0 bridgehead atoms. The van der Waals surface area contributed by atoms with Crippen LogP contribution in [0.4, 0.5) is 4.79 Å². The third-order valence-electron chi connectivity index (χ3n) is 5.68. The van der Waals surface area contributed by atoms with Crippen molar-refractivity contribution in [2.75, 3.05) is 0 Å². The molecule has 0 fully saturated rings. The number of amides is 1. The van der Waals surface area contributed by atoms with Gasteiger partial charge in [-0.05, 0) is 22.3 Å². The molecule has 0 N–H and O–H groups in total. The van der Waals surface area contributed by atoms with E-state index in [0.29, 0.717) is 13.1 Å². The second kappa shape index (κ2) is 12.9. The molecule has 182 valence electrons. The van der Waals surface area contributed by atoms with Gasteiger partial charge in [-0.3, -0.25) is 4.90 Å². The van der Waals surface area contributed by atoms with Gasteiger partial charge in [0.15, 0.2) is 0 Å². The molecule has 0 aliphatic rings. The Hall–Kier alpha value is -4.38. The standard InChI is InChI=1S/C31H29NO4/c33-30(35-24-28-19-11-4-12-20-28)29(21-25-13-5-1-6-14-25)36-31(34)32(22-26-15-7-2-8-16-26)23-27-17-9-3-10-18-27/h1-20,29H,21-24H2/t29-/m0/s1. The summed E-state index contributed by atoms with van der Waals surface area (Å²) in [5, 5.41) is 0. The molecular formula is C31H29NO4. The molecule has 5 heteroatoms. The first-order valence-electron chi connectivity index (χ1n) is 12.0. The first-order valence-corrected chi connectivity index (χ1v) is 12.0. The predicted octanol–water partition coefficient (Wildman–Crippen LogP) is 6.18. The van der Waals surface area contributed by atoms with Crippen LogP contribution >= 0.6 is 0 Å². The van der Waals surface area contributed by atoms with Crippen LogP contribution in [-0.4, -0.2) is 23.1 Å². The zero-order valence-electron chi connectivity index (χ0n) is 20.0. The highest BCUT2D eigenvalue weighted by molar-refractivity contribution is 5.79. The van der Waals surface area contributed by atoms with Crippen molar-refractivity contribution in [3.8, 4) is 0 Å². The third kappa shape index (κ3) is 7.57. The van der Waals surface area contributed by atoms with Gasteiger partial charge in [-0.25, -0.2) is 9.59 Å². The summed E-state index contributed by atoms with van der Waals surface area (Å²) in [6, 6.07) is 38.3. The van der Waals surface area contributed by atoms with Gasteiger partial charge in [0.25, 0.3) is 0 Å². The highest BCUT2D eigenvalue weighted by Crippen LogP contribution is 2.16. The van der Waals surface area contributed by atoms with E-state index in [1.165, 1.54) is 0 Å². The lowest BCUT2D eigenvalue weighted by Gasteiger charge is -2.25. The van der Waals surface area contributed by atoms with E-state index in [1.807, 2.05) is 121 Å². The van der Waals surface area contributed by atoms with Gasteiger partial charge in [-0.2, -0.15) is 0 Å². The maximum absolute atomic E-state index is 13.4. The Bertz CT molecular complexity index is 1170. The van der Waals surface area contributed by atoms with Gasteiger partial charge in [0.2, 0.25) is 6.10 Å². The molecule has 36 heavy (non-hydrogen) atoms. The van der Waals surface area contributed by atoms with Crippen molar-refractivity contribution in [2.45, 2.75) is 32.2 Å². The molecular weight excluding hydrogens is 450 g/mol. The number of esters is 1. The summed E-state index contributed by atoms with van der Waals surface area (Å²) in [5.41, 5.74) is 3.68. The summed E-state index contributed by atoms with van der Waals surface area (Å²) in [4.78, 5) is 28.1. The van der Waals surface area contributed by atoms with Crippen LogP contribution in [0.2, 0.25) is 0 Å². The van der Waals surface area contributed by atoms with E-state index in [0.717, 1.165) is 22.3 Å². The largest absolute Gasteiger partial charge is 0.458 e. The number of hydrogen-bond acceptors (Lipinski definition) is 4. The lowest BCUT2D eigenvalue weighted by Crippen LogP contribution is -2.38. The van der Waals surface area contributed by atoms with Crippen molar-refractivity contribution < 1.29 is 19.1 Å². The number of carbonyl (C=O) groups excluding carboxylic acids is 2. The number of benzene rings is 4. The lowest BCUT2D eigenvalue weighted by molar-refractivity contribution is -0.155. The van der Waals surface area contributed by atoms with Crippen LogP contribution in [0.1, 0.15) is 22.3 Å². The number of carbonyl (C=O) groups is 2. The minimum atomic E-state index is -1.07. The first kappa shape index (κ1) is 24.7. The highest BCUT2D eigenvalue weighted by atomic mass is 16.6. The lowest BCUT2D eigenvalue weighted by atomic mass is 10.1. The number of rotatable bonds is 10. The van der Waals surface area contributed by atoms with Gasteiger partial charge in [0.1, 0.15) is 6.61 Å². The molecule has 0 radical (unpaired) electrons. The molecule has 4 aromatic carbocycles. The van der Waals surface area contributed by atoms with Gasteiger partial charge >= 0.3 is 12.1 Å². The Morgan fingerprint density at radius 1 is 0.583 bits per heavy atom. The van der Waals surface area contributed by atoms with Gasteiger partial charge in [-0.15, -0.1) is 0 Å². The van der Waals surface area contributed by atoms with Crippen molar-refractivity contribution in [1.82, 2.24) is 4.90 Å². The minimum absolute atomic E-state index is 0.111. The zero-order valence-corrected chi connectivity index (χ0v) is 20.0. The second-order valence-electron chi connectivity index (χ2n) is 8.48. The summed E-state index contributed by atoms with van der Waals surface area (Å²) in [6.45, 7) is 0.817. The SMILES string of the molecule is O=C(OCc1ccccc1)[C@H](Cc1ccccc1)OC(=O)N(Cc1ccccc1)Cc1ccccc1. The van der Waals surface area contributed by atoms with E-state index in [4.69, 9.17) is 9.47 Å². The Balaban J connectivity index is 1.51. The fourth-order valence-electron chi connectivity index (χ4n) is 3.81. The van der Waals surface area contributed by atoms with Crippen molar-refractivity contribution in [3.05, 3.63) is 144 Å². The maximum atomic E-state index is 13.4. The smallest absolute Gasteiger partial charge is 0.411 e. The van der Waals surface area contributed by atoms with Crippen molar-refractivity contribution in [3.63, 3.8) is 0 Å². The van der Waals surface area contributed by atoms with Crippen LogP contribution in [-0.2, 0) is 40.4 Å².